The van der Waals surface area contributed by atoms with Crippen LogP contribution in [0.2, 0.25) is 0 Å². The maximum atomic E-state index is 12.9. The highest BCUT2D eigenvalue weighted by atomic mass is 79.9. The Kier molecular flexibility index (Phi) is 6.26. The molecule has 0 aliphatic rings. The van der Waals surface area contributed by atoms with Crippen LogP contribution in [0, 0.1) is 5.82 Å². The van der Waals surface area contributed by atoms with Crippen molar-refractivity contribution >= 4 is 51.4 Å². The van der Waals surface area contributed by atoms with E-state index in [9.17, 15) is 14.0 Å². The van der Waals surface area contributed by atoms with Crippen molar-refractivity contribution in [3.63, 3.8) is 0 Å². The van der Waals surface area contributed by atoms with E-state index in [0.29, 0.717) is 23.1 Å². The van der Waals surface area contributed by atoms with Crippen molar-refractivity contribution in [2.75, 3.05) is 10.0 Å². The van der Waals surface area contributed by atoms with Crippen LogP contribution < -0.4 is 10.0 Å². The number of hydrogen-bond donors (Lipinski definition) is 2. The van der Waals surface area contributed by atoms with Crippen LogP contribution in [0.25, 0.3) is 0 Å². The van der Waals surface area contributed by atoms with Gasteiger partial charge < -0.3 is 10.0 Å². The molecule has 0 fully saturated rings. The lowest BCUT2D eigenvalue weighted by atomic mass is 10.1. The normalized spacial score (nSPS) is 10.3. The zero-order chi connectivity index (χ0) is 19.2. The summed E-state index contributed by atoms with van der Waals surface area (Å²) in [5.74, 6) is -0.614. The summed E-state index contributed by atoms with van der Waals surface area (Å²) in [5, 5.41) is 2.75. The summed E-state index contributed by atoms with van der Waals surface area (Å²) < 4.78 is 16.8. The SMILES string of the molecule is O=Cc1cc(Br)ccc1NC(=O)c1cccc(SNc2ccc(F)cc2)c1. The Bertz CT molecular complexity index is 980. The van der Waals surface area contributed by atoms with Crippen molar-refractivity contribution in [1.29, 1.82) is 0 Å². The third-order valence-corrected chi connectivity index (χ3v) is 4.94. The molecule has 0 aromatic heterocycles. The van der Waals surface area contributed by atoms with Crippen LogP contribution >= 0.6 is 27.9 Å². The lowest BCUT2D eigenvalue weighted by molar-refractivity contribution is 0.102. The maximum absolute atomic E-state index is 12.9. The fraction of sp³-hybridized carbons (Fsp3) is 0. The number of halogens is 2. The third-order valence-electron chi connectivity index (χ3n) is 3.62. The Balaban J connectivity index is 1.70. The third kappa shape index (κ3) is 5.18. The summed E-state index contributed by atoms with van der Waals surface area (Å²) in [6, 6.07) is 18.1. The lowest BCUT2D eigenvalue weighted by Crippen LogP contribution is -2.13. The van der Waals surface area contributed by atoms with Crippen molar-refractivity contribution in [2.45, 2.75) is 4.90 Å². The highest BCUT2D eigenvalue weighted by molar-refractivity contribution is 9.10. The van der Waals surface area contributed by atoms with Crippen LogP contribution in [0.15, 0.2) is 76.1 Å². The number of anilines is 2. The van der Waals surface area contributed by atoms with Gasteiger partial charge in [0.1, 0.15) is 5.82 Å². The van der Waals surface area contributed by atoms with E-state index < -0.39 is 0 Å². The molecular weight excluding hydrogens is 431 g/mol. The zero-order valence-electron chi connectivity index (χ0n) is 13.9. The van der Waals surface area contributed by atoms with E-state index in [1.54, 1.807) is 48.5 Å². The van der Waals surface area contributed by atoms with Crippen molar-refractivity contribution < 1.29 is 14.0 Å². The average Bonchev–Trinajstić information content (AvgIpc) is 2.69. The molecule has 0 bridgehead atoms. The molecule has 0 radical (unpaired) electrons. The van der Waals surface area contributed by atoms with Gasteiger partial charge in [0.2, 0.25) is 0 Å². The standard InChI is InChI=1S/C20H14BrFN2O2S/c21-15-4-9-19(14(10-15)12-25)23-20(26)13-2-1-3-18(11-13)27-24-17-7-5-16(22)6-8-17/h1-12,24H,(H,23,26). The first kappa shape index (κ1) is 19.1. The first-order valence-electron chi connectivity index (χ1n) is 7.90. The molecule has 0 atom stereocenters. The van der Waals surface area contributed by atoms with Crippen LogP contribution in [-0.2, 0) is 0 Å². The van der Waals surface area contributed by atoms with E-state index in [0.717, 1.165) is 15.1 Å². The first-order valence-corrected chi connectivity index (χ1v) is 9.50. The molecular formula is C20H14BrFN2O2S. The van der Waals surface area contributed by atoms with Crippen molar-refractivity contribution in [2.24, 2.45) is 0 Å². The summed E-state index contributed by atoms with van der Waals surface area (Å²) in [6.45, 7) is 0. The molecule has 0 saturated heterocycles. The van der Waals surface area contributed by atoms with Gasteiger partial charge in [-0.2, -0.15) is 0 Å². The van der Waals surface area contributed by atoms with Gasteiger partial charge >= 0.3 is 0 Å². The second-order valence-electron chi connectivity index (χ2n) is 5.54. The van der Waals surface area contributed by atoms with Crippen molar-refractivity contribution in [3.8, 4) is 0 Å². The lowest BCUT2D eigenvalue weighted by Gasteiger charge is -2.10. The number of benzene rings is 3. The van der Waals surface area contributed by atoms with Crippen molar-refractivity contribution in [1.82, 2.24) is 0 Å². The minimum absolute atomic E-state index is 0.299. The Morgan fingerprint density at radius 2 is 1.81 bits per heavy atom. The summed E-state index contributed by atoms with van der Waals surface area (Å²) in [4.78, 5) is 24.5. The van der Waals surface area contributed by atoms with Gasteiger partial charge in [-0.25, -0.2) is 4.39 Å². The molecule has 0 aliphatic heterocycles. The van der Waals surface area contributed by atoms with E-state index in [4.69, 9.17) is 0 Å². The van der Waals surface area contributed by atoms with Gasteiger partial charge in [-0.15, -0.1) is 0 Å². The van der Waals surface area contributed by atoms with E-state index in [2.05, 4.69) is 26.0 Å². The van der Waals surface area contributed by atoms with Crippen LogP contribution in [0.4, 0.5) is 15.8 Å². The fourth-order valence-corrected chi connectivity index (χ4v) is 3.36. The smallest absolute Gasteiger partial charge is 0.255 e. The molecule has 0 saturated carbocycles. The molecule has 3 rings (SSSR count). The number of carbonyl (C=O) groups is 2. The van der Waals surface area contributed by atoms with Gasteiger partial charge in [0.25, 0.3) is 5.91 Å². The van der Waals surface area contributed by atoms with Gasteiger partial charge in [-0.1, -0.05) is 22.0 Å². The fourth-order valence-electron chi connectivity index (χ4n) is 2.28. The molecule has 7 heteroatoms. The zero-order valence-corrected chi connectivity index (χ0v) is 16.3. The Labute approximate surface area is 168 Å². The van der Waals surface area contributed by atoms with Gasteiger partial charge in [0.15, 0.2) is 6.29 Å². The maximum Gasteiger partial charge on any atom is 0.255 e. The highest BCUT2D eigenvalue weighted by Gasteiger charge is 2.10. The monoisotopic (exact) mass is 444 g/mol. The molecule has 3 aromatic carbocycles. The molecule has 136 valence electrons. The summed E-state index contributed by atoms with van der Waals surface area (Å²) in [5.41, 5.74) is 2.05. The number of rotatable bonds is 6. The molecule has 2 N–H and O–H groups in total. The summed E-state index contributed by atoms with van der Waals surface area (Å²) >= 11 is 4.61. The predicted molar refractivity (Wildman–Crippen MR) is 110 cm³/mol. The Hall–Kier alpha value is -2.64. The highest BCUT2D eigenvalue weighted by Crippen LogP contribution is 2.24. The number of amides is 1. The minimum Gasteiger partial charge on any atom is -0.326 e. The summed E-state index contributed by atoms with van der Waals surface area (Å²) in [7, 11) is 0. The second-order valence-corrected chi connectivity index (χ2v) is 7.34. The topological polar surface area (TPSA) is 58.2 Å². The van der Waals surface area contributed by atoms with E-state index in [1.165, 1.54) is 24.1 Å². The molecule has 3 aromatic rings. The summed E-state index contributed by atoms with van der Waals surface area (Å²) in [6.07, 6.45) is 0.694. The number of aldehydes is 1. The van der Waals surface area contributed by atoms with E-state index >= 15 is 0 Å². The van der Waals surface area contributed by atoms with Gasteiger partial charge in [0.05, 0.1) is 5.69 Å². The molecule has 4 nitrogen and oxygen atoms in total. The molecule has 27 heavy (non-hydrogen) atoms. The van der Waals surface area contributed by atoms with E-state index in [-0.39, 0.29) is 11.7 Å². The molecule has 1 amide bonds. The van der Waals surface area contributed by atoms with Crippen LogP contribution in [0.1, 0.15) is 20.7 Å². The largest absolute Gasteiger partial charge is 0.326 e. The Morgan fingerprint density at radius 1 is 1.04 bits per heavy atom. The minimum atomic E-state index is -0.315. The quantitative estimate of drug-likeness (QED) is 0.374. The molecule has 0 spiro atoms. The van der Waals surface area contributed by atoms with Crippen molar-refractivity contribution in [3.05, 3.63) is 88.1 Å². The molecule has 0 heterocycles. The first-order chi connectivity index (χ1) is 13.0. The number of nitrogens with one attached hydrogen (secondary N) is 2. The van der Waals surface area contributed by atoms with Gasteiger partial charge in [-0.05, 0) is 72.6 Å². The van der Waals surface area contributed by atoms with Crippen LogP contribution in [0.5, 0.6) is 0 Å². The molecule has 0 aliphatic carbocycles. The molecule has 0 unspecified atom stereocenters. The van der Waals surface area contributed by atoms with Gasteiger partial charge in [-0.3, -0.25) is 9.59 Å². The predicted octanol–water partition coefficient (Wildman–Crippen LogP) is 5.77. The Morgan fingerprint density at radius 3 is 2.56 bits per heavy atom. The van der Waals surface area contributed by atoms with Crippen LogP contribution in [0.3, 0.4) is 0 Å². The van der Waals surface area contributed by atoms with Crippen LogP contribution in [-0.4, -0.2) is 12.2 Å². The second kappa shape index (κ2) is 8.83. The number of carbonyl (C=O) groups excluding carboxylic acids is 2. The number of hydrogen-bond acceptors (Lipinski definition) is 4. The van der Waals surface area contributed by atoms with Gasteiger partial charge in [0, 0.05) is 26.2 Å². The van der Waals surface area contributed by atoms with E-state index in [1.807, 2.05) is 6.07 Å². The average molecular weight is 445 g/mol.